The Labute approximate surface area is 111 Å². The van der Waals surface area contributed by atoms with Crippen molar-refractivity contribution < 1.29 is 9.84 Å². The molecule has 3 rings (SSSR count). The van der Waals surface area contributed by atoms with E-state index in [2.05, 4.69) is 15.0 Å². The zero-order chi connectivity index (χ0) is 13.4. The molecule has 6 heteroatoms. The Morgan fingerprint density at radius 2 is 2.32 bits per heavy atom. The molecule has 1 aliphatic rings. The molecule has 1 saturated heterocycles. The lowest BCUT2D eigenvalue weighted by molar-refractivity contribution is -0.0422. The number of rotatable bonds is 2. The lowest BCUT2D eigenvalue weighted by atomic mass is 10.2. The van der Waals surface area contributed by atoms with Crippen LogP contribution in [0, 0.1) is 6.92 Å². The number of aryl methyl sites for hydroxylation is 1. The third-order valence-corrected chi connectivity index (χ3v) is 3.32. The van der Waals surface area contributed by atoms with Crippen molar-refractivity contribution in [2.24, 2.45) is 0 Å². The molecule has 1 aliphatic heterocycles. The maximum absolute atomic E-state index is 9.30. The number of anilines is 1. The molecule has 1 fully saturated rings. The summed E-state index contributed by atoms with van der Waals surface area (Å²) >= 11 is 0. The van der Waals surface area contributed by atoms with Crippen molar-refractivity contribution in [2.45, 2.75) is 26.1 Å². The Hall–Kier alpha value is -1.66. The highest BCUT2D eigenvalue weighted by Crippen LogP contribution is 2.23. The van der Waals surface area contributed by atoms with Crippen molar-refractivity contribution in [3.8, 4) is 0 Å². The van der Waals surface area contributed by atoms with Gasteiger partial charge in [0.1, 0.15) is 5.52 Å². The van der Waals surface area contributed by atoms with Crippen LogP contribution in [0.5, 0.6) is 0 Å². The zero-order valence-electron chi connectivity index (χ0n) is 11.2. The molecule has 0 aliphatic carbocycles. The van der Waals surface area contributed by atoms with E-state index in [1.54, 1.807) is 6.20 Å². The minimum atomic E-state index is -0.158. The predicted octanol–water partition coefficient (Wildman–Crippen LogP) is 0.624. The van der Waals surface area contributed by atoms with Gasteiger partial charge in [-0.3, -0.25) is 0 Å². The van der Waals surface area contributed by atoms with E-state index in [-0.39, 0.29) is 18.8 Å². The van der Waals surface area contributed by atoms with E-state index in [9.17, 15) is 5.11 Å². The molecular formula is C13H18N4O2. The third kappa shape index (κ3) is 2.29. The number of hydrogen-bond donors (Lipinski definition) is 1. The summed E-state index contributed by atoms with van der Waals surface area (Å²) in [6.07, 6.45) is 3.52. The fourth-order valence-corrected chi connectivity index (χ4v) is 2.59. The van der Waals surface area contributed by atoms with E-state index in [0.29, 0.717) is 6.54 Å². The molecule has 0 saturated carbocycles. The highest BCUT2D eigenvalue weighted by Gasteiger charge is 2.26. The smallest absolute Gasteiger partial charge is 0.154 e. The van der Waals surface area contributed by atoms with Gasteiger partial charge < -0.3 is 14.7 Å². The van der Waals surface area contributed by atoms with Crippen LogP contribution >= 0.6 is 0 Å². The fraction of sp³-hybridized carbons (Fsp3) is 0.538. The van der Waals surface area contributed by atoms with Crippen LogP contribution in [0.3, 0.4) is 0 Å². The van der Waals surface area contributed by atoms with Crippen molar-refractivity contribution in [3.05, 3.63) is 24.2 Å². The summed E-state index contributed by atoms with van der Waals surface area (Å²) < 4.78 is 7.50. The first-order valence-electron chi connectivity index (χ1n) is 6.49. The van der Waals surface area contributed by atoms with Crippen molar-refractivity contribution in [2.75, 3.05) is 24.6 Å². The first-order chi connectivity index (χ1) is 9.17. The van der Waals surface area contributed by atoms with Crippen LogP contribution in [0.15, 0.2) is 18.5 Å². The number of aliphatic hydroxyl groups is 1. The number of morpholine rings is 1. The number of nitrogens with zero attached hydrogens (tertiary/aromatic N) is 4. The third-order valence-electron chi connectivity index (χ3n) is 3.32. The van der Waals surface area contributed by atoms with E-state index in [1.165, 1.54) is 0 Å². The second-order valence-corrected chi connectivity index (χ2v) is 5.02. The summed E-state index contributed by atoms with van der Waals surface area (Å²) in [4.78, 5) is 6.63. The first-order valence-corrected chi connectivity index (χ1v) is 6.49. The Bertz CT molecular complexity index is 583. The van der Waals surface area contributed by atoms with Gasteiger partial charge in [0.15, 0.2) is 5.82 Å². The van der Waals surface area contributed by atoms with Crippen LogP contribution in [-0.4, -0.2) is 51.6 Å². The van der Waals surface area contributed by atoms with Crippen LogP contribution in [-0.2, 0) is 4.74 Å². The molecular weight excluding hydrogens is 244 g/mol. The summed E-state index contributed by atoms with van der Waals surface area (Å²) in [5.74, 6) is 0.900. The number of fused-ring (bicyclic) bond motifs is 1. The van der Waals surface area contributed by atoms with Gasteiger partial charge in [0.05, 0.1) is 24.5 Å². The minimum Gasteiger partial charge on any atom is -0.394 e. The summed E-state index contributed by atoms with van der Waals surface area (Å²) in [6.45, 7) is 5.43. The molecule has 0 radical (unpaired) electrons. The number of aliphatic hydroxyl groups excluding tert-OH is 1. The summed E-state index contributed by atoms with van der Waals surface area (Å²) in [6, 6.07) is 2.02. The van der Waals surface area contributed by atoms with E-state index in [0.717, 1.165) is 23.6 Å². The lowest BCUT2D eigenvalue weighted by Gasteiger charge is -2.36. The highest BCUT2D eigenvalue weighted by molar-refractivity contribution is 5.69. The Morgan fingerprint density at radius 3 is 3.11 bits per heavy atom. The van der Waals surface area contributed by atoms with Crippen molar-refractivity contribution in [3.63, 3.8) is 0 Å². The van der Waals surface area contributed by atoms with Crippen LogP contribution in [0.2, 0.25) is 0 Å². The molecule has 2 atom stereocenters. The predicted molar refractivity (Wildman–Crippen MR) is 71.4 cm³/mol. The second kappa shape index (κ2) is 4.79. The first kappa shape index (κ1) is 12.4. The fourth-order valence-electron chi connectivity index (χ4n) is 2.59. The van der Waals surface area contributed by atoms with Crippen LogP contribution in [0.4, 0.5) is 5.82 Å². The average Bonchev–Trinajstić information content (AvgIpc) is 2.77. The van der Waals surface area contributed by atoms with Gasteiger partial charge in [0, 0.05) is 25.5 Å². The molecule has 0 aromatic carbocycles. The quantitative estimate of drug-likeness (QED) is 0.860. The topological polar surface area (TPSA) is 62.9 Å². The van der Waals surface area contributed by atoms with E-state index in [1.807, 2.05) is 30.6 Å². The number of aromatic nitrogens is 3. The summed E-state index contributed by atoms with van der Waals surface area (Å²) in [5.41, 5.74) is 1.96. The SMILES string of the molecule is Cc1cc2c(N3CC(C)OC(CO)C3)nccn2n1. The molecule has 2 aromatic rings. The van der Waals surface area contributed by atoms with E-state index in [4.69, 9.17) is 4.74 Å². The van der Waals surface area contributed by atoms with Gasteiger partial charge in [-0.05, 0) is 19.9 Å². The molecule has 0 spiro atoms. The zero-order valence-corrected chi connectivity index (χ0v) is 11.2. The van der Waals surface area contributed by atoms with E-state index < -0.39 is 0 Å². The van der Waals surface area contributed by atoms with Crippen LogP contribution in [0.1, 0.15) is 12.6 Å². The molecule has 2 aromatic heterocycles. The standard InChI is InChI=1S/C13H18N4O2/c1-9-5-12-13(14-3-4-17(12)15-9)16-6-10(2)19-11(7-16)8-18/h3-5,10-11,18H,6-8H2,1-2H3. The van der Waals surface area contributed by atoms with E-state index >= 15 is 0 Å². The Morgan fingerprint density at radius 1 is 1.47 bits per heavy atom. The molecule has 102 valence electrons. The van der Waals surface area contributed by atoms with Crippen molar-refractivity contribution in [1.82, 2.24) is 14.6 Å². The maximum Gasteiger partial charge on any atom is 0.154 e. The normalized spacial score (nSPS) is 24.1. The summed E-state index contributed by atoms with van der Waals surface area (Å²) in [7, 11) is 0. The van der Waals surface area contributed by atoms with Crippen LogP contribution < -0.4 is 4.90 Å². The van der Waals surface area contributed by atoms with Crippen molar-refractivity contribution >= 4 is 11.3 Å². The van der Waals surface area contributed by atoms with Crippen molar-refractivity contribution in [1.29, 1.82) is 0 Å². The summed E-state index contributed by atoms with van der Waals surface area (Å²) in [5, 5.41) is 13.7. The van der Waals surface area contributed by atoms with Gasteiger partial charge in [-0.1, -0.05) is 0 Å². The highest BCUT2D eigenvalue weighted by atomic mass is 16.5. The van der Waals surface area contributed by atoms with Gasteiger partial charge in [0.25, 0.3) is 0 Å². The molecule has 0 amide bonds. The molecule has 0 bridgehead atoms. The molecule has 6 nitrogen and oxygen atoms in total. The van der Waals surface area contributed by atoms with Gasteiger partial charge in [-0.25, -0.2) is 9.50 Å². The average molecular weight is 262 g/mol. The number of hydrogen-bond acceptors (Lipinski definition) is 5. The molecule has 1 N–H and O–H groups in total. The van der Waals surface area contributed by atoms with Gasteiger partial charge in [-0.2, -0.15) is 5.10 Å². The maximum atomic E-state index is 9.30. The number of ether oxygens (including phenoxy) is 1. The van der Waals surface area contributed by atoms with Gasteiger partial charge >= 0.3 is 0 Å². The molecule has 2 unspecified atom stereocenters. The molecule has 3 heterocycles. The Balaban J connectivity index is 1.98. The largest absolute Gasteiger partial charge is 0.394 e. The van der Waals surface area contributed by atoms with Gasteiger partial charge in [-0.15, -0.1) is 0 Å². The van der Waals surface area contributed by atoms with Gasteiger partial charge in [0.2, 0.25) is 0 Å². The van der Waals surface area contributed by atoms with Crippen LogP contribution in [0.25, 0.3) is 5.52 Å². The lowest BCUT2D eigenvalue weighted by Crippen LogP contribution is -2.48. The minimum absolute atomic E-state index is 0.0300. The second-order valence-electron chi connectivity index (χ2n) is 5.02. The Kier molecular flexibility index (Phi) is 3.12. The monoisotopic (exact) mass is 262 g/mol. The molecule has 19 heavy (non-hydrogen) atoms.